The molecule has 3 aromatic rings. The first-order valence-electron chi connectivity index (χ1n) is 10.5. The van der Waals surface area contributed by atoms with Crippen molar-refractivity contribution in [3.63, 3.8) is 0 Å². The fraction of sp³-hybridized carbons (Fsp3) is 0.192. The van der Waals surface area contributed by atoms with Crippen LogP contribution in [0.5, 0.6) is 0 Å². The minimum absolute atomic E-state index is 0.0674. The molecule has 1 aliphatic heterocycles. The number of carbonyl (C=O) groups is 3. The molecule has 0 spiro atoms. The maximum atomic E-state index is 13.3. The third-order valence-corrected chi connectivity index (χ3v) is 5.63. The van der Waals surface area contributed by atoms with Crippen molar-refractivity contribution in [2.75, 3.05) is 13.1 Å². The first kappa shape index (κ1) is 20.5. The zero-order valence-corrected chi connectivity index (χ0v) is 17.4. The third-order valence-electron chi connectivity index (χ3n) is 5.63. The van der Waals surface area contributed by atoms with E-state index in [0.717, 1.165) is 11.1 Å². The van der Waals surface area contributed by atoms with Crippen LogP contribution >= 0.6 is 0 Å². The van der Waals surface area contributed by atoms with E-state index >= 15 is 0 Å². The number of carbonyl (C=O) groups excluding carboxylic acids is 3. The van der Waals surface area contributed by atoms with Crippen molar-refractivity contribution in [3.8, 4) is 0 Å². The Kier molecular flexibility index (Phi) is 5.94. The average molecular weight is 412 g/mol. The second-order valence-corrected chi connectivity index (χ2v) is 7.46. The zero-order valence-electron chi connectivity index (χ0n) is 17.4. The number of hydrogen-bond acceptors (Lipinski definition) is 3. The number of benzene rings is 3. The number of fused-ring (bicyclic) bond motifs is 1. The monoisotopic (exact) mass is 412 g/mol. The summed E-state index contributed by atoms with van der Waals surface area (Å²) in [5.74, 6) is -0.769. The van der Waals surface area contributed by atoms with Crippen LogP contribution in [0, 0.1) is 0 Å². The van der Waals surface area contributed by atoms with Crippen LogP contribution in [0.25, 0.3) is 0 Å². The summed E-state index contributed by atoms with van der Waals surface area (Å²) in [5.41, 5.74) is 2.84. The molecule has 5 heteroatoms. The van der Waals surface area contributed by atoms with Gasteiger partial charge in [0.25, 0.3) is 11.8 Å². The average Bonchev–Trinajstić information content (AvgIpc) is 3.06. The molecule has 0 bridgehead atoms. The lowest BCUT2D eigenvalue weighted by molar-refractivity contribution is -0.132. The highest BCUT2D eigenvalue weighted by molar-refractivity contribution is 6.21. The van der Waals surface area contributed by atoms with Gasteiger partial charge in [-0.2, -0.15) is 0 Å². The van der Waals surface area contributed by atoms with Gasteiger partial charge in [0.05, 0.1) is 17.2 Å². The van der Waals surface area contributed by atoms with Crippen LogP contribution in [-0.2, 0) is 4.79 Å². The van der Waals surface area contributed by atoms with Gasteiger partial charge < -0.3 is 4.90 Å². The summed E-state index contributed by atoms with van der Waals surface area (Å²) < 4.78 is 0. The summed E-state index contributed by atoms with van der Waals surface area (Å²) in [5, 5.41) is 0. The minimum Gasteiger partial charge on any atom is -0.332 e. The smallest absolute Gasteiger partial charge is 0.261 e. The van der Waals surface area contributed by atoms with Crippen molar-refractivity contribution in [2.45, 2.75) is 19.4 Å². The van der Waals surface area contributed by atoms with Crippen LogP contribution in [0.15, 0.2) is 84.9 Å². The predicted molar refractivity (Wildman–Crippen MR) is 119 cm³/mol. The molecule has 0 saturated heterocycles. The molecule has 0 aromatic heterocycles. The van der Waals surface area contributed by atoms with E-state index in [1.165, 1.54) is 4.90 Å². The van der Waals surface area contributed by atoms with E-state index in [-0.39, 0.29) is 36.7 Å². The van der Waals surface area contributed by atoms with Crippen LogP contribution in [0.3, 0.4) is 0 Å². The summed E-state index contributed by atoms with van der Waals surface area (Å²) in [6.07, 6.45) is 0.0788. The Hall–Kier alpha value is -3.73. The molecule has 4 rings (SSSR count). The van der Waals surface area contributed by atoms with E-state index in [0.29, 0.717) is 17.7 Å². The second-order valence-electron chi connectivity index (χ2n) is 7.46. The normalized spacial score (nSPS) is 12.9. The van der Waals surface area contributed by atoms with Gasteiger partial charge in [0, 0.05) is 19.5 Å². The Labute approximate surface area is 181 Å². The van der Waals surface area contributed by atoms with E-state index in [1.807, 2.05) is 72.5 Å². The summed E-state index contributed by atoms with van der Waals surface area (Å²) >= 11 is 0. The first-order valence-corrected chi connectivity index (χ1v) is 10.5. The molecule has 3 aromatic carbocycles. The molecule has 0 saturated carbocycles. The number of hydrogen-bond donors (Lipinski definition) is 0. The number of nitrogens with zero attached hydrogens (tertiary/aromatic N) is 2. The molecule has 0 fully saturated rings. The highest BCUT2D eigenvalue weighted by Crippen LogP contribution is 2.29. The van der Waals surface area contributed by atoms with Gasteiger partial charge in [0.2, 0.25) is 5.91 Å². The molecule has 0 aliphatic carbocycles. The molecule has 0 N–H and O–H groups in total. The predicted octanol–water partition coefficient (Wildman–Crippen LogP) is 4.31. The van der Waals surface area contributed by atoms with E-state index < -0.39 is 0 Å². The van der Waals surface area contributed by atoms with E-state index in [1.54, 1.807) is 24.3 Å². The summed E-state index contributed by atoms with van der Waals surface area (Å²) in [4.78, 5) is 41.5. The van der Waals surface area contributed by atoms with Crippen LogP contribution in [0.1, 0.15) is 51.2 Å². The maximum absolute atomic E-state index is 13.3. The van der Waals surface area contributed by atoms with Gasteiger partial charge in [-0.15, -0.1) is 0 Å². The Balaban J connectivity index is 1.55. The fourth-order valence-electron chi connectivity index (χ4n) is 4.12. The second kappa shape index (κ2) is 8.96. The Bertz CT molecular complexity index is 1020. The lowest BCUT2D eigenvalue weighted by atomic mass is 9.96. The van der Waals surface area contributed by atoms with Crippen molar-refractivity contribution in [3.05, 3.63) is 107 Å². The third kappa shape index (κ3) is 3.99. The fourth-order valence-corrected chi connectivity index (χ4v) is 4.12. The van der Waals surface area contributed by atoms with Gasteiger partial charge in [-0.25, -0.2) is 0 Å². The van der Waals surface area contributed by atoms with E-state index in [4.69, 9.17) is 0 Å². The molecule has 5 nitrogen and oxygen atoms in total. The maximum Gasteiger partial charge on any atom is 0.261 e. The molecule has 31 heavy (non-hydrogen) atoms. The standard InChI is InChI=1S/C26H24N2O3/c1-2-27(24(19-11-5-3-6-12-19)20-13-7-4-8-14-20)23(29)17-18-28-25(30)21-15-9-10-16-22(21)26(28)31/h3-16,24H,2,17-18H2,1H3. The van der Waals surface area contributed by atoms with Gasteiger partial charge in [-0.1, -0.05) is 72.8 Å². The molecule has 0 atom stereocenters. The van der Waals surface area contributed by atoms with Crippen LogP contribution < -0.4 is 0 Å². The van der Waals surface area contributed by atoms with E-state index in [2.05, 4.69) is 0 Å². The largest absolute Gasteiger partial charge is 0.332 e. The van der Waals surface area contributed by atoms with Gasteiger partial charge in [0.1, 0.15) is 0 Å². The van der Waals surface area contributed by atoms with Crippen LogP contribution in [-0.4, -0.2) is 40.6 Å². The van der Waals surface area contributed by atoms with Crippen molar-refractivity contribution in [2.24, 2.45) is 0 Å². The minimum atomic E-state index is -0.334. The number of rotatable bonds is 7. The highest BCUT2D eigenvalue weighted by Gasteiger charge is 2.35. The topological polar surface area (TPSA) is 57.7 Å². The molecule has 3 amide bonds. The molecule has 0 unspecified atom stereocenters. The molecule has 0 radical (unpaired) electrons. The van der Waals surface area contributed by atoms with Crippen molar-refractivity contribution < 1.29 is 14.4 Å². The van der Waals surface area contributed by atoms with Crippen LogP contribution in [0.4, 0.5) is 0 Å². The number of amides is 3. The molecular formula is C26H24N2O3. The van der Waals surface area contributed by atoms with E-state index in [9.17, 15) is 14.4 Å². The Morgan fingerprint density at radius 1 is 0.774 bits per heavy atom. The van der Waals surface area contributed by atoms with Crippen molar-refractivity contribution in [1.29, 1.82) is 0 Å². The van der Waals surface area contributed by atoms with Crippen molar-refractivity contribution >= 4 is 17.7 Å². The molecule has 1 heterocycles. The summed E-state index contributed by atoms with van der Waals surface area (Å²) in [7, 11) is 0. The SMILES string of the molecule is CCN(C(=O)CCN1C(=O)c2ccccc2C1=O)C(c1ccccc1)c1ccccc1. The quantitative estimate of drug-likeness (QED) is 0.544. The van der Waals surface area contributed by atoms with Crippen LogP contribution in [0.2, 0.25) is 0 Å². The Morgan fingerprint density at radius 3 is 1.68 bits per heavy atom. The number of imide groups is 1. The molecular weight excluding hydrogens is 388 g/mol. The van der Waals surface area contributed by atoms with Gasteiger partial charge in [0.15, 0.2) is 0 Å². The van der Waals surface area contributed by atoms with Gasteiger partial charge in [-0.3, -0.25) is 19.3 Å². The summed E-state index contributed by atoms with van der Waals surface area (Å²) in [6, 6.07) is 26.3. The summed E-state index contributed by atoms with van der Waals surface area (Å²) in [6.45, 7) is 2.52. The lowest BCUT2D eigenvalue weighted by Crippen LogP contribution is -2.39. The highest BCUT2D eigenvalue weighted by atomic mass is 16.2. The van der Waals surface area contributed by atoms with Crippen molar-refractivity contribution in [1.82, 2.24) is 9.80 Å². The Morgan fingerprint density at radius 2 is 1.23 bits per heavy atom. The molecule has 156 valence electrons. The zero-order chi connectivity index (χ0) is 21.8. The lowest BCUT2D eigenvalue weighted by Gasteiger charge is -2.32. The van der Waals surface area contributed by atoms with Gasteiger partial charge in [-0.05, 0) is 30.2 Å². The molecule has 1 aliphatic rings. The van der Waals surface area contributed by atoms with Gasteiger partial charge >= 0.3 is 0 Å². The first-order chi connectivity index (χ1) is 15.1.